The first-order chi connectivity index (χ1) is 8.97. The molecule has 1 aliphatic rings. The van der Waals surface area contributed by atoms with Gasteiger partial charge in [0.1, 0.15) is 0 Å². The molecule has 102 valence electrons. The summed E-state index contributed by atoms with van der Waals surface area (Å²) in [5.74, 6) is -1.22. The second kappa shape index (κ2) is 5.74. The lowest BCUT2D eigenvalue weighted by Gasteiger charge is -2.14. The standard InChI is InChI=1S/C14H16BrNO3/c1-8-2-4-10(15)7-12(8)13(17)16-11-5-3-9(6-11)14(18)19/h2,4,7,9,11H,3,5-6H2,1H3,(H,16,17)(H,18,19)/t9-,11+/m1/s1. The van der Waals surface area contributed by atoms with Gasteiger partial charge in [0.15, 0.2) is 0 Å². The van der Waals surface area contributed by atoms with Crippen LogP contribution >= 0.6 is 15.9 Å². The predicted molar refractivity (Wildman–Crippen MR) is 75.1 cm³/mol. The molecule has 2 N–H and O–H groups in total. The van der Waals surface area contributed by atoms with E-state index in [1.807, 2.05) is 19.1 Å². The summed E-state index contributed by atoms with van der Waals surface area (Å²) in [4.78, 5) is 23.1. The molecule has 1 aliphatic carbocycles. The van der Waals surface area contributed by atoms with Gasteiger partial charge < -0.3 is 10.4 Å². The topological polar surface area (TPSA) is 66.4 Å². The van der Waals surface area contributed by atoms with Crippen molar-refractivity contribution >= 4 is 27.8 Å². The summed E-state index contributed by atoms with van der Waals surface area (Å²) >= 11 is 3.35. The molecule has 0 unspecified atom stereocenters. The molecule has 1 amide bonds. The summed E-state index contributed by atoms with van der Waals surface area (Å²) in [6.45, 7) is 1.88. The van der Waals surface area contributed by atoms with E-state index in [0.717, 1.165) is 16.5 Å². The molecule has 0 spiro atoms. The Labute approximate surface area is 120 Å². The Morgan fingerprint density at radius 1 is 1.37 bits per heavy atom. The number of rotatable bonds is 3. The second-order valence-corrected chi connectivity index (χ2v) is 5.89. The van der Waals surface area contributed by atoms with E-state index in [4.69, 9.17) is 5.11 Å². The number of nitrogens with one attached hydrogen (secondary N) is 1. The van der Waals surface area contributed by atoms with Crippen LogP contribution in [0.1, 0.15) is 35.2 Å². The number of aliphatic carboxylic acids is 1. The molecule has 19 heavy (non-hydrogen) atoms. The first-order valence-corrected chi connectivity index (χ1v) is 7.06. The molecule has 0 saturated heterocycles. The van der Waals surface area contributed by atoms with E-state index >= 15 is 0 Å². The molecule has 1 aromatic carbocycles. The molecule has 0 heterocycles. The third-order valence-electron chi connectivity index (χ3n) is 3.56. The van der Waals surface area contributed by atoms with Crippen molar-refractivity contribution in [3.8, 4) is 0 Å². The zero-order chi connectivity index (χ0) is 14.0. The average molecular weight is 326 g/mol. The monoisotopic (exact) mass is 325 g/mol. The number of carbonyl (C=O) groups is 2. The molecule has 0 bridgehead atoms. The van der Waals surface area contributed by atoms with E-state index in [2.05, 4.69) is 21.2 Å². The van der Waals surface area contributed by atoms with Crippen LogP contribution in [0.2, 0.25) is 0 Å². The highest BCUT2D eigenvalue weighted by atomic mass is 79.9. The molecule has 0 aliphatic heterocycles. The van der Waals surface area contributed by atoms with Crippen molar-refractivity contribution in [2.75, 3.05) is 0 Å². The second-order valence-electron chi connectivity index (χ2n) is 4.98. The van der Waals surface area contributed by atoms with Gasteiger partial charge in [-0.15, -0.1) is 0 Å². The van der Waals surface area contributed by atoms with Crippen molar-refractivity contribution in [1.82, 2.24) is 5.32 Å². The number of aryl methyl sites for hydroxylation is 1. The van der Waals surface area contributed by atoms with Gasteiger partial charge in [-0.05, 0) is 43.9 Å². The SMILES string of the molecule is Cc1ccc(Br)cc1C(=O)N[C@H]1CC[C@@H](C(=O)O)C1. The summed E-state index contributed by atoms with van der Waals surface area (Å²) in [7, 11) is 0. The van der Waals surface area contributed by atoms with Gasteiger partial charge in [0.2, 0.25) is 0 Å². The molecule has 2 atom stereocenters. The summed E-state index contributed by atoms with van der Waals surface area (Å²) in [5, 5.41) is 11.9. The fourth-order valence-electron chi connectivity index (χ4n) is 2.44. The van der Waals surface area contributed by atoms with Crippen LogP contribution in [0.5, 0.6) is 0 Å². The summed E-state index contributed by atoms with van der Waals surface area (Å²) < 4.78 is 0.859. The smallest absolute Gasteiger partial charge is 0.306 e. The molecule has 0 aromatic heterocycles. The maximum atomic E-state index is 12.2. The molecule has 1 fully saturated rings. The predicted octanol–water partition coefficient (Wildman–Crippen LogP) is 2.74. The number of halogens is 1. The lowest BCUT2D eigenvalue weighted by atomic mass is 10.1. The van der Waals surface area contributed by atoms with E-state index < -0.39 is 5.97 Å². The zero-order valence-electron chi connectivity index (χ0n) is 10.6. The van der Waals surface area contributed by atoms with Gasteiger partial charge in [0.25, 0.3) is 5.91 Å². The van der Waals surface area contributed by atoms with E-state index in [1.165, 1.54) is 0 Å². The minimum atomic E-state index is -0.768. The van der Waals surface area contributed by atoms with E-state index in [9.17, 15) is 9.59 Å². The van der Waals surface area contributed by atoms with Crippen molar-refractivity contribution in [3.05, 3.63) is 33.8 Å². The normalized spacial score (nSPS) is 22.2. The third kappa shape index (κ3) is 3.35. The Hall–Kier alpha value is -1.36. The Kier molecular flexibility index (Phi) is 4.24. The summed E-state index contributed by atoms with van der Waals surface area (Å²) in [6.07, 6.45) is 1.89. The van der Waals surface area contributed by atoms with Gasteiger partial charge in [-0.25, -0.2) is 0 Å². The minimum absolute atomic E-state index is 0.0352. The number of amides is 1. The lowest BCUT2D eigenvalue weighted by Crippen LogP contribution is -2.33. The van der Waals surface area contributed by atoms with E-state index in [1.54, 1.807) is 6.07 Å². The molecule has 0 radical (unpaired) electrons. The quantitative estimate of drug-likeness (QED) is 0.897. The highest BCUT2D eigenvalue weighted by Gasteiger charge is 2.30. The number of carbonyl (C=O) groups excluding carboxylic acids is 1. The van der Waals surface area contributed by atoms with Gasteiger partial charge in [0, 0.05) is 16.1 Å². The van der Waals surface area contributed by atoms with Crippen LogP contribution < -0.4 is 5.32 Å². The van der Waals surface area contributed by atoms with Gasteiger partial charge in [0.05, 0.1) is 5.92 Å². The molecule has 5 heteroatoms. The van der Waals surface area contributed by atoms with E-state index in [-0.39, 0.29) is 17.9 Å². The minimum Gasteiger partial charge on any atom is -0.481 e. The van der Waals surface area contributed by atoms with Crippen LogP contribution in [0.4, 0.5) is 0 Å². The first-order valence-electron chi connectivity index (χ1n) is 6.27. The van der Waals surface area contributed by atoms with Crippen molar-refractivity contribution in [2.24, 2.45) is 5.92 Å². The molecule has 1 aromatic rings. The largest absolute Gasteiger partial charge is 0.481 e. The van der Waals surface area contributed by atoms with Crippen LogP contribution in [-0.4, -0.2) is 23.0 Å². The number of hydrogen-bond acceptors (Lipinski definition) is 2. The van der Waals surface area contributed by atoms with Crippen molar-refractivity contribution in [1.29, 1.82) is 0 Å². The van der Waals surface area contributed by atoms with Gasteiger partial charge in [-0.2, -0.15) is 0 Å². The van der Waals surface area contributed by atoms with Crippen LogP contribution in [0.25, 0.3) is 0 Å². The van der Waals surface area contributed by atoms with Crippen LogP contribution in [-0.2, 0) is 4.79 Å². The maximum absolute atomic E-state index is 12.2. The Morgan fingerprint density at radius 2 is 2.11 bits per heavy atom. The lowest BCUT2D eigenvalue weighted by molar-refractivity contribution is -0.141. The Balaban J connectivity index is 2.02. The van der Waals surface area contributed by atoms with Gasteiger partial charge >= 0.3 is 5.97 Å². The van der Waals surface area contributed by atoms with Gasteiger partial charge in [-0.1, -0.05) is 22.0 Å². The number of benzene rings is 1. The highest BCUT2D eigenvalue weighted by molar-refractivity contribution is 9.10. The summed E-state index contributed by atoms with van der Waals surface area (Å²) in [6, 6.07) is 5.52. The fraction of sp³-hybridized carbons (Fsp3) is 0.429. The van der Waals surface area contributed by atoms with Crippen LogP contribution in [0.15, 0.2) is 22.7 Å². The van der Waals surface area contributed by atoms with Crippen molar-refractivity contribution in [3.63, 3.8) is 0 Å². The van der Waals surface area contributed by atoms with Gasteiger partial charge in [-0.3, -0.25) is 9.59 Å². The molecule has 2 rings (SSSR count). The molecular weight excluding hydrogens is 310 g/mol. The first kappa shape index (κ1) is 14.1. The highest BCUT2D eigenvalue weighted by Crippen LogP contribution is 2.26. The summed E-state index contributed by atoms with van der Waals surface area (Å²) in [5.41, 5.74) is 1.54. The number of carboxylic acids is 1. The van der Waals surface area contributed by atoms with Crippen LogP contribution in [0, 0.1) is 12.8 Å². The third-order valence-corrected chi connectivity index (χ3v) is 4.05. The molecule has 1 saturated carbocycles. The van der Waals surface area contributed by atoms with E-state index in [0.29, 0.717) is 18.4 Å². The molecule has 4 nitrogen and oxygen atoms in total. The van der Waals surface area contributed by atoms with Crippen molar-refractivity contribution in [2.45, 2.75) is 32.2 Å². The fourth-order valence-corrected chi connectivity index (χ4v) is 2.80. The molecular formula is C14H16BrNO3. The van der Waals surface area contributed by atoms with Crippen LogP contribution in [0.3, 0.4) is 0 Å². The number of hydrogen-bond donors (Lipinski definition) is 2. The Morgan fingerprint density at radius 3 is 2.74 bits per heavy atom. The average Bonchev–Trinajstić information content (AvgIpc) is 2.80. The maximum Gasteiger partial charge on any atom is 0.306 e. The van der Waals surface area contributed by atoms with Crippen molar-refractivity contribution < 1.29 is 14.7 Å². The Bertz CT molecular complexity index is 515. The number of carboxylic acid groups (broad SMARTS) is 1. The zero-order valence-corrected chi connectivity index (χ0v) is 12.2.